The van der Waals surface area contributed by atoms with Crippen molar-refractivity contribution >= 4 is 23.5 Å². The van der Waals surface area contributed by atoms with Crippen LogP contribution in [0.5, 0.6) is 5.75 Å². The van der Waals surface area contributed by atoms with Gasteiger partial charge >= 0.3 is 0 Å². The van der Waals surface area contributed by atoms with Gasteiger partial charge in [-0.05, 0) is 82.1 Å². The fourth-order valence-corrected chi connectivity index (χ4v) is 5.43. The Balaban J connectivity index is 1.56. The van der Waals surface area contributed by atoms with Crippen molar-refractivity contribution in [1.82, 2.24) is 19.8 Å². The third kappa shape index (κ3) is 7.85. The summed E-state index contributed by atoms with van der Waals surface area (Å²) in [6, 6.07) is 16.6. The molecule has 0 aliphatic carbocycles. The molecule has 1 unspecified atom stereocenters. The molecule has 0 saturated carbocycles. The van der Waals surface area contributed by atoms with Crippen LogP contribution in [0.25, 0.3) is 0 Å². The number of aromatic nitrogens is 2. The number of imidazole rings is 1. The second-order valence-corrected chi connectivity index (χ2v) is 12.6. The van der Waals surface area contributed by atoms with E-state index in [0.29, 0.717) is 37.6 Å². The summed E-state index contributed by atoms with van der Waals surface area (Å²) in [5.41, 5.74) is 5.68. The van der Waals surface area contributed by atoms with Crippen LogP contribution in [0.3, 0.4) is 0 Å². The van der Waals surface area contributed by atoms with E-state index in [2.05, 4.69) is 22.5 Å². The SMILES string of the molecule is COc1ccc(C(C)(C(=O)N2CCC(C)CC2)n2cnc(NC(=O)[C@@H](CCCc3ccccc3)NC(=O)C(C)(C)N)c2)cc1. The number of carbonyl (C=O) groups excluding carboxylic acids is 3. The molecule has 236 valence electrons. The van der Waals surface area contributed by atoms with Crippen molar-refractivity contribution < 1.29 is 19.1 Å². The van der Waals surface area contributed by atoms with E-state index < -0.39 is 28.9 Å². The number of likely N-dealkylation sites (tertiary alicyclic amines) is 1. The number of hydrogen-bond donors (Lipinski definition) is 3. The molecular weight excluding hydrogens is 556 g/mol. The van der Waals surface area contributed by atoms with E-state index in [4.69, 9.17) is 10.5 Å². The summed E-state index contributed by atoms with van der Waals surface area (Å²) >= 11 is 0. The first-order chi connectivity index (χ1) is 20.9. The molecule has 0 spiro atoms. The first kappa shape index (κ1) is 32.7. The number of nitrogens with one attached hydrogen (secondary N) is 2. The molecular formula is C34H46N6O4. The highest BCUT2D eigenvalue weighted by Gasteiger charge is 2.41. The first-order valence-corrected chi connectivity index (χ1v) is 15.3. The van der Waals surface area contributed by atoms with Gasteiger partial charge in [0.2, 0.25) is 11.8 Å². The smallest absolute Gasteiger partial charge is 0.253 e. The number of hydrogen-bond acceptors (Lipinski definition) is 6. The molecule has 44 heavy (non-hydrogen) atoms. The van der Waals surface area contributed by atoms with Gasteiger partial charge < -0.3 is 30.6 Å². The van der Waals surface area contributed by atoms with Gasteiger partial charge in [0.15, 0.2) is 5.82 Å². The zero-order valence-electron chi connectivity index (χ0n) is 26.5. The Morgan fingerprint density at radius 2 is 1.70 bits per heavy atom. The van der Waals surface area contributed by atoms with Crippen LogP contribution in [0.15, 0.2) is 67.1 Å². The van der Waals surface area contributed by atoms with Crippen LogP contribution in [0, 0.1) is 5.92 Å². The maximum Gasteiger partial charge on any atom is 0.253 e. The number of piperidine rings is 1. The van der Waals surface area contributed by atoms with Crippen LogP contribution in [-0.2, 0) is 26.3 Å². The van der Waals surface area contributed by atoms with Crippen LogP contribution in [-0.4, -0.2) is 64.0 Å². The van der Waals surface area contributed by atoms with Crippen molar-refractivity contribution in [3.8, 4) is 5.75 Å². The average Bonchev–Trinajstić information content (AvgIpc) is 3.49. The molecule has 2 atom stereocenters. The molecule has 4 rings (SSSR count). The summed E-state index contributed by atoms with van der Waals surface area (Å²) in [6.45, 7) is 8.66. The Morgan fingerprint density at radius 1 is 1.05 bits per heavy atom. The summed E-state index contributed by atoms with van der Waals surface area (Å²) in [5.74, 6) is 0.687. The number of nitrogens with two attached hydrogens (primary N) is 1. The highest BCUT2D eigenvalue weighted by Crippen LogP contribution is 2.32. The van der Waals surface area contributed by atoms with Crippen LogP contribution >= 0.6 is 0 Å². The minimum atomic E-state index is -1.15. The Bertz CT molecular complexity index is 1410. The number of benzene rings is 2. The summed E-state index contributed by atoms with van der Waals surface area (Å²) < 4.78 is 7.09. The largest absolute Gasteiger partial charge is 0.497 e. The van der Waals surface area contributed by atoms with E-state index in [1.54, 1.807) is 38.0 Å². The topological polar surface area (TPSA) is 132 Å². The lowest BCUT2D eigenvalue weighted by molar-refractivity contribution is -0.139. The normalized spacial score (nSPS) is 16.1. The fraction of sp³-hybridized carbons (Fsp3) is 0.471. The monoisotopic (exact) mass is 602 g/mol. The Hall–Kier alpha value is -4.18. The zero-order valence-corrected chi connectivity index (χ0v) is 26.5. The molecule has 2 aromatic carbocycles. The second kappa shape index (κ2) is 14.1. The molecule has 3 aromatic rings. The van der Waals surface area contributed by atoms with Crippen molar-refractivity contribution in [3.05, 3.63) is 78.2 Å². The van der Waals surface area contributed by atoms with Crippen LogP contribution in [0.1, 0.15) is 64.5 Å². The van der Waals surface area contributed by atoms with Crippen molar-refractivity contribution in [2.75, 3.05) is 25.5 Å². The molecule has 1 aliphatic rings. The number of carbonyl (C=O) groups is 3. The number of rotatable bonds is 12. The summed E-state index contributed by atoms with van der Waals surface area (Å²) in [4.78, 5) is 46.8. The lowest BCUT2D eigenvalue weighted by atomic mass is 9.88. The van der Waals surface area contributed by atoms with Gasteiger partial charge in [0, 0.05) is 19.3 Å². The molecule has 1 aliphatic heterocycles. The lowest BCUT2D eigenvalue weighted by Crippen LogP contribution is -2.54. The van der Waals surface area contributed by atoms with Gasteiger partial charge in [0.25, 0.3) is 5.91 Å². The standard InChI is InChI=1S/C34H46N6O4/c1-24-18-20-39(21-19-24)32(43)34(4,26-14-16-27(44-5)17-15-26)40-22-29(36-23-40)38-30(41)28(37-31(42)33(2,3)35)13-9-12-25-10-7-6-8-11-25/h6-8,10-11,14-17,22-24,28H,9,12-13,18-21,35H2,1-5H3,(H,37,42)(H,38,41)/t28-,34?/m1/s1. The van der Waals surface area contributed by atoms with E-state index in [1.165, 1.54) is 0 Å². The van der Waals surface area contributed by atoms with Gasteiger partial charge in [-0.3, -0.25) is 14.4 Å². The van der Waals surface area contributed by atoms with E-state index >= 15 is 0 Å². The van der Waals surface area contributed by atoms with Gasteiger partial charge in [-0.15, -0.1) is 0 Å². The van der Waals surface area contributed by atoms with Crippen LogP contribution in [0.2, 0.25) is 0 Å². The maximum atomic E-state index is 14.2. The molecule has 2 heterocycles. The van der Waals surface area contributed by atoms with E-state index in [1.807, 2.05) is 66.4 Å². The quantitative estimate of drug-likeness (QED) is 0.286. The maximum absolute atomic E-state index is 14.2. The number of amides is 3. The predicted octanol–water partition coefficient (Wildman–Crippen LogP) is 4.10. The van der Waals surface area contributed by atoms with Gasteiger partial charge in [-0.2, -0.15) is 0 Å². The molecule has 1 fully saturated rings. The Morgan fingerprint density at radius 3 is 2.32 bits per heavy atom. The molecule has 3 amide bonds. The fourth-order valence-electron chi connectivity index (χ4n) is 5.43. The van der Waals surface area contributed by atoms with E-state index in [0.717, 1.165) is 30.4 Å². The number of aryl methyl sites for hydroxylation is 1. The summed E-state index contributed by atoms with van der Waals surface area (Å²) in [5, 5.41) is 5.68. The van der Waals surface area contributed by atoms with Gasteiger partial charge in [-0.25, -0.2) is 4.98 Å². The van der Waals surface area contributed by atoms with Gasteiger partial charge in [0.1, 0.15) is 17.3 Å². The van der Waals surface area contributed by atoms with Crippen molar-refractivity contribution in [2.45, 2.75) is 76.9 Å². The third-order valence-corrected chi connectivity index (χ3v) is 8.50. The summed E-state index contributed by atoms with van der Waals surface area (Å²) in [6.07, 6.45) is 7.00. The molecule has 10 nitrogen and oxygen atoms in total. The first-order valence-electron chi connectivity index (χ1n) is 15.3. The molecule has 0 radical (unpaired) electrons. The number of anilines is 1. The molecule has 1 saturated heterocycles. The lowest BCUT2D eigenvalue weighted by Gasteiger charge is -2.39. The van der Waals surface area contributed by atoms with Gasteiger partial charge in [0.05, 0.1) is 19.0 Å². The van der Waals surface area contributed by atoms with Gasteiger partial charge in [-0.1, -0.05) is 49.4 Å². The third-order valence-electron chi connectivity index (χ3n) is 8.50. The number of nitrogens with zero attached hydrogens (tertiary/aromatic N) is 3. The highest BCUT2D eigenvalue weighted by molar-refractivity contribution is 5.98. The van der Waals surface area contributed by atoms with Crippen LogP contribution < -0.4 is 21.1 Å². The Kier molecular flexibility index (Phi) is 10.5. The Labute approximate surface area is 260 Å². The number of methoxy groups -OCH3 is 1. The van der Waals surface area contributed by atoms with E-state index in [9.17, 15) is 14.4 Å². The van der Waals surface area contributed by atoms with Crippen molar-refractivity contribution in [3.63, 3.8) is 0 Å². The zero-order chi connectivity index (χ0) is 31.9. The van der Waals surface area contributed by atoms with Crippen LogP contribution in [0.4, 0.5) is 5.82 Å². The molecule has 4 N–H and O–H groups in total. The molecule has 10 heteroatoms. The minimum Gasteiger partial charge on any atom is -0.497 e. The minimum absolute atomic E-state index is 0.0407. The second-order valence-electron chi connectivity index (χ2n) is 12.6. The van der Waals surface area contributed by atoms with E-state index in [-0.39, 0.29) is 11.7 Å². The molecule has 0 bridgehead atoms. The number of ether oxygens (including phenoxy) is 1. The highest BCUT2D eigenvalue weighted by atomic mass is 16.5. The summed E-state index contributed by atoms with van der Waals surface area (Å²) in [7, 11) is 1.60. The van der Waals surface area contributed by atoms with Crippen molar-refractivity contribution in [2.24, 2.45) is 11.7 Å². The molecule has 1 aromatic heterocycles. The van der Waals surface area contributed by atoms with Crippen molar-refractivity contribution in [1.29, 1.82) is 0 Å². The average molecular weight is 603 g/mol. The predicted molar refractivity (Wildman–Crippen MR) is 171 cm³/mol.